The highest BCUT2D eigenvalue weighted by Gasteiger charge is 2.29. The molecule has 2 atom stereocenters. The number of aryl methyl sites for hydroxylation is 1. The number of aromatic nitrogens is 2. The molecule has 1 aromatic carbocycles. The van der Waals surface area contributed by atoms with Crippen LogP contribution >= 0.6 is 0 Å². The van der Waals surface area contributed by atoms with Crippen molar-refractivity contribution in [3.63, 3.8) is 0 Å². The number of imidazole rings is 1. The fraction of sp³-hybridized carbons (Fsp3) is 0.500. The average molecular weight is 287 g/mol. The lowest BCUT2D eigenvalue weighted by molar-refractivity contribution is -0.127. The predicted octanol–water partition coefficient (Wildman–Crippen LogP) is 2.81. The monoisotopic (exact) mass is 287 g/mol. The Morgan fingerprint density at radius 2 is 2.29 bits per heavy atom. The van der Waals surface area contributed by atoms with Crippen LogP contribution in [0.3, 0.4) is 0 Å². The fourth-order valence-electron chi connectivity index (χ4n) is 2.96. The lowest BCUT2D eigenvalue weighted by atomic mass is 9.94. The summed E-state index contributed by atoms with van der Waals surface area (Å²) in [6.45, 7) is 5.54. The van der Waals surface area contributed by atoms with Gasteiger partial charge in [-0.3, -0.25) is 10.1 Å². The van der Waals surface area contributed by atoms with Crippen LogP contribution in [0.15, 0.2) is 24.3 Å². The van der Waals surface area contributed by atoms with Crippen LogP contribution in [0.2, 0.25) is 0 Å². The van der Waals surface area contributed by atoms with Gasteiger partial charge in [-0.1, -0.05) is 12.1 Å². The van der Waals surface area contributed by atoms with E-state index in [1.165, 1.54) is 0 Å². The first kappa shape index (κ1) is 14.1. The smallest absolute Gasteiger partial charge is 0.232 e. The molecule has 5 nitrogen and oxygen atoms in total. The van der Waals surface area contributed by atoms with Gasteiger partial charge in [-0.05, 0) is 38.8 Å². The largest absolute Gasteiger partial charge is 0.378 e. The van der Waals surface area contributed by atoms with E-state index in [0.29, 0.717) is 5.95 Å². The minimum absolute atomic E-state index is 0.00667. The van der Waals surface area contributed by atoms with Crippen molar-refractivity contribution in [2.24, 2.45) is 5.92 Å². The zero-order valence-corrected chi connectivity index (χ0v) is 12.5. The average Bonchev–Trinajstić information content (AvgIpc) is 2.84. The Bertz CT molecular complexity index is 650. The van der Waals surface area contributed by atoms with Crippen molar-refractivity contribution < 1.29 is 9.53 Å². The molecule has 21 heavy (non-hydrogen) atoms. The molecule has 0 spiro atoms. The lowest BCUT2D eigenvalue weighted by Gasteiger charge is -2.27. The van der Waals surface area contributed by atoms with E-state index in [1.54, 1.807) is 0 Å². The van der Waals surface area contributed by atoms with Crippen LogP contribution in [0, 0.1) is 5.92 Å². The second-order valence-electron chi connectivity index (χ2n) is 5.48. The summed E-state index contributed by atoms with van der Waals surface area (Å²) < 4.78 is 7.61. The molecule has 0 bridgehead atoms. The molecular weight excluding hydrogens is 266 g/mol. The lowest BCUT2D eigenvalue weighted by Crippen LogP contribution is -2.36. The second-order valence-corrected chi connectivity index (χ2v) is 5.48. The topological polar surface area (TPSA) is 56.2 Å². The molecule has 2 unspecified atom stereocenters. The highest BCUT2D eigenvalue weighted by Crippen LogP contribution is 2.24. The molecule has 1 aliphatic rings. The second kappa shape index (κ2) is 5.85. The Labute approximate surface area is 124 Å². The first-order valence-electron chi connectivity index (χ1n) is 7.58. The zero-order chi connectivity index (χ0) is 14.8. The van der Waals surface area contributed by atoms with Gasteiger partial charge in [-0.15, -0.1) is 0 Å². The maximum atomic E-state index is 12.5. The van der Waals surface area contributed by atoms with Gasteiger partial charge in [0.1, 0.15) is 0 Å². The SMILES string of the molecule is CCn1c(NC(=O)C2CCCOC2C)nc2ccccc21. The first-order valence-corrected chi connectivity index (χ1v) is 7.58. The highest BCUT2D eigenvalue weighted by molar-refractivity contribution is 5.93. The summed E-state index contributed by atoms with van der Waals surface area (Å²) in [7, 11) is 0. The van der Waals surface area contributed by atoms with Gasteiger partial charge in [0.25, 0.3) is 0 Å². The summed E-state index contributed by atoms with van der Waals surface area (Å²) in [6.07, 6.45) is 1.78. The molecule has 1 saturated heterocycles. The molecule has 2 heterocycles. The Morgan fingerprint density at radius 3 is 3.05 bits per heavy atom. The summed E-state index contributed by atoms with van der Waals surface area (Å²) in [4.78, 5) is 17.0. The molecule has 5 heteroatoms. The number of fused-ring (bicyclic) bond motifs is 1. The van der Waals surface area contributed by atoms with Crippen LogP contribution in [0.5, 0.6) is 0 Å². The van der Waals surface area contributed by atoms with Gasteiger partial charge in [0, 0.05) is 13.2 Å². The van der Waals surface area contributed by atoms with Crippen LogP contribution in [0.4, 0.5) is 5.95 Å². The molecule has 112 valence electrons. The molecule has 1 aromatic heterocycles. The van der Waals surface area contributed by atoms with E-state index in [0.717, 1.165) is 37.0 Å². The molecule has 1 N–H and O–H groups in total. The number of hydrogen-bond acceptors (Lipinski definition) is 3. The number of nitrogens with zero attached hydrogens (tertiary/aromatic N) is 2. The molecule has 3 rings (SSSR count). The molecular formula is C16H21N3O2. The Balaban J connectivity index is 1.85. The van der Waals surface area contributed by atoms with Crippen LogP contribution in [0.1, 0.15) is 26.7 Å². The summed E-state index contributed by atoms with van der Waals surface area (Å²) in [6, 6.07) is 7.92. The number of para-hydroxylation sites is 2. The summed E-state index contributed by atoms with van der Waals surface area (Å²) in [5.41, 5.74) is 1.95. The van der Waals surface area contributed by atoms with Crippen LogP contribution in [-0.4, -0.2) is 28.2 Å². The van der Waals surface area contributed by atoms with Gasteiger partial charge < -0.3 is 9.30 Å². The van der Waals surface area contributed by atoms with E-state index in [2.05, 4.69) is 17.2 Å². The van der Waals surface area contributed by atoms with Gasteiger partial charge in [0.05, 0.1) is 23.1 Å². The van der Waals surface area contributed by atoms with Crippen molar-refractivity contribution in [2.45, 2.75) is 39.3 Å². The van der Waals surface area contributed by atoms with Crippen molar-refractivity contribution in [3.8, 4) is 0 Å². The van der Waals surface area contributed by atoms with Crippen LogP contribution < -0.4 is 5.32 Å². The van der Waals surface area contributed by atoms with E-state index < -0.39 is 0 Å². The third-order valence-electron chi connectivity index (χ3n) is 4.15. The third-order valence-corrected chi connectivity index (χ3v) is 4.15. The maximum Gasteiger partial charge on any atom is 0.232 e. The number of carbonyl (C=O) groups excluding carboxylic acids is 1. The number of benzene rings is 1. The van der Waals surface area contributed by atoms with Gasteiger partial charge >= 0.3 is 0 Å². The molecule has 1 amide bonds. The van der Waals surface area contributed by atoms with E-state index in [4.69, 9.17) is 4.74 Å². The van der Waals surface area contributed by atoms with Gasteiger partial charge in [-0.2, -0.15) is 0 Å². The minimum atomic E-state index is -0.0936. The van der Waals surface area contributed by atoms with E-state index in [1.807, 2.05) is 35.8 Å². The maximum absolute atomic E-state index is 12.5. The van der Waals surface area contributed by atoms with Gasteiger partial charge in [0.2, 0.25) is 11.9 Å². The van der Waals surface area contributed by atoms with Crippen molar-refractivity contribution in [3.05, 3.63) is 24.3 Å². The quantitative estimate of drug-likeness (QED) is 0.944. The molecule has 1 fully saturated rings. The van der Waals surface area contributed by atoms with Crippen molar-refractivity contribution >= 4 is 22.9 Å². The first-order chi connectivity index (χ1) is 10.2. The van der Waals surface area contributed by atoms with E-state index in [-0.39, 0.29) is 17.9 Å². The van der Waals surface area contributed by atoms with Crippen molar-refractivity contribution in [2.75, 3.05) is 11.9 Å². The van der Waals surface area contributed by atoms with Gasteiger partial charge in [0.15, 0.2) is 0 Å². The molecule has 2 aromatic rings. The summed E-state index contributed by atoms with van der Waals surface area (Å²) in [5, 5.41) is 2.98. The molecule has 0 radical (unpaired) electrons. The predicted molar refractivity (Wildman–Crippen MR) is 82.2 cm³/mol. The number of rotatable bonds is 3. The number of hydrogen-bond donors (Lipinski definition) is 1. The Kier molecular flexibility index (Phi) is 3.92. The highest BCUT2D eigenvalue weighted by atomic mass is 16.5. The summed E-state index contributed by atoms with van der Waals surface area (Å²) >= 11 is 0. The van der Waals surface area contributed by atoms with Crippen LogP contribution in [0.25, 0.3) is 11.0 Å². The molecule has 0 aliphatic carbocycles. The third kappa shape index (κ3) is 2.65. The molecule has 1 aliphatic heterocycles. The molecule has 0 saturated carbocycles. The zero-order valence-electron chi connectivity index (χ0n) is 12.5. The number of ether oxygens (including phenoxy) is 1. The number of carbonyl (C=O) groups is 1. The van der Waals surface area contributed by atoms with Gasteiger partial charge in [-0.25, -0.2) is 4.98 Å². The number of anilines is 1. The van der Waals surface area contributed by atoms with E-state index >= 15 is 0 Å². The number of amides is 1. The van der Waals surface area contributed by atoms with Crippen LogP contribution in [-0.2, 0) is 16.1 Å². The van der Waals surface area contributed by atoms with Crippen molar-refractivity contribution in [1.82, 2.24) is 9.55 Å². The fourth-order valence-corrected chi connectivity index (χ4v) is 2.96. The standard InChI is InChI=1S/C16H21N3O2/c1-3-19-14-9-5-4-8-13(14)17-16(19)18-15(20)12-7-6-10-21-11(12)2/h4-5,8-9,11-12H,3,6-7,10H2,1-2H3,(H,17,18,20). The Hall–Kier alpha value is -1.88. The number of nitrogens with one attached hydrogen (secondary N) is 1. The normalized spacial score (nSPS) is 22.4. The minimum Gasteiger partial charge on any atom is -0.378 e. The van der Waals surface area contributed by atoms with Crippen molar-refractivity contribution in [1.29, 1.82) is 0 Å². The summed E-state index contributed by atoms with van der Waals surface area (Å²) in [5.74, 6) is 0.539. The van der Waals surface area contributed by atoms with E-state index in [9.17, 15) is 4.79 Å². The Morgan fingerprint density at radius 1 is 1.48 bits per heavy atom.